The first kappa shape index (κ1) is 18.2. The fourth-order valence-electron chi connectivity index (χ4n) is 2.87. The molecule has 0 aliphatic rings. The number of hydrogen-bond acceptors (Lipinski definition) is 5. The highest BCUT2D eigenvalue weighted by molar-refractivity contribution is 7.99. The second kappa shape index (κ2) is 7.74. The fourth-order valence-corrected chi connectivity index (χ4v) is 3.69. The number of para-hydroxylation sites is 1. The van der Waals surface area contributed by atoms with Crippen molar-refractivity contribution < 1.29 is 9.59 Å². The highest BCUT2D eigenvalue weighted by Gasteiger charge is 2.16. The van der Waals surface area contributed by atoms with Gasteiger partial charge in [0.15, 0.2) is 10.9 Å². The van der Waals surface area contributed by atoms with Crippen LogP contribution in [0.15, 0.2) is 29.6 Å². The van der Waals surface area contributed by atoms with E-state index in [-0.39, 0.29) is 23.9 Å². The molecule has 0 unspecified atom stereocenters. The van der Waals surface area contributed by atoms with E-state index in [4.69, 9.17) is 5.73 Å². The molecule has 0 radical (unpaired) electrons. The number of carbonyl (C=O) groups is 2. The lowest BCUT2D eigenvalue weighted by atomic mass is 10.1. The van der Waals surface area contributed by atoms with Crippen LogP contribution in [0.3, 0.4) is 0 Å². The van der Waals surface area contributed by atoms with Gasteiger partial charge < -0.3 is 15.3 Å². The molecule has 3 N–H and O–H groups in total. The Hall–Kier alpha value is -2.61. The van der Waals surface area contributed by atoms with Crippen LogP contribution in [-0.4, -0.2) is 37.2 Å². The number of benzene rings is 1. The third-order valence-corrected chi connectivity index (χ3v) is 5.36. The van der Waals surface area contributed by atoms with E-state index in [1.54, 1.807) is 10.8 Å². The smallest absolute Gasteiger partial charge is 0.217 e. The highest BCUT2D eigenvalue weighted by Crippen LogP contribution is 2.25. The third kappa shape index (κ3) is 3.65. The molecule has 0 saturated heterocycles. The van der Waals surface area contributed by atoms with Crippen LogP contribution in [0, 0.1) is 0 Å². The van der Waals surface area contributed by atoms with Gasteiger partial charge in [-0.2, -0.15) is 0 Å². The Kier molecular flexibility index (Phi) is 5.41. The highest BCUT2D eigenvalue weighted by atomic mass is 32.2. The largest absolute Gasteiger partial charge is 0.370 e. The number of nitrogens with zero attached hydrogens (tertiary/aromatic N) is 3. The topological polar surface area (TPSA) is 107 Å². The third-order valence-electron chi connectivity index (χ3n) is 4.34. The van der Waals surface area contributed by atoms with E-state index in [1.165, 1.54) is 17.3 Å². The van der Waals surface area contributed by atoms with Crippen LogP contribution >= 0.6 is 11.8 Å². The van der Waals surface area contributed by atoms with Gasteiger partial charge in [0.2, 0.25) is 5.91 Å². The molecule has 2 heterocycles. The molecule has 0 atom stereocenters. The van der Waals surface area contributed by atoms with E-state index in [9.17, 15) is 9.59 Å². The summed E-state index contributed by atoms with van der Waals surface area (Å²) in [4.78, 5) is 26.8. The standard InChI is InChI=1S/C18H21N5O2S/c1-3-11-5-4-6-12-13(9-20-17(11)12)14(24)10-26-18-22-21-16(23(18)2)8-7-15(19)25/h4-6,9,20H,3,7-8,10H2,1-2H3,(H2,19,25). The Balaban J connectivity index is 1.71. The molecule has 26 heavy (non-hydrogen) atoms. The first-order valence-electron chi connectivity index (χ1n) is 8.42. The Morgan fingerprint density at radius 1 is 1.31 bits per heavy atom. The number of hydrogen-bond donors (Lipinski definition) is 2. The SMILES string of the molecule is CCc1cccc2c(C(=O)CSc3nnc(CCC(N)=O)n3C)c[nH]c12. The van der Waals surface area contributed by atoms with Crippen molar-refractivity contribution in [2.45, 2.75) is 31.3 Å². The summed E-state index contributed by atoms with van der Waals surface area (Å²) in [5.41, 5.74) is 8.08. The Morgan fingerprint density at radius 3 is 2.85 bits per heavy atom. The predicted molar refractivity (Wildman–Crippen MR) is 101 cm³/mol. The molecule has 1 amide bonds. The monoisotopic (exact) mass is 371 g/mol. The lowest BCUT2D eigenvalue weighted by molar-refractivity contribution is -0.118. The van der Waals surface area contributed by atoms with Gasteiger partial charge in [0, 0.05) is 42.6 Å². The normalized spacial score (nSPS) is 11.2. The lowest BCUT2D eigenvalue weighted by Gasteiger charge is -2.03. The van der Waals surface area contributed by atoms with Gasteiger partial charge in [0.25, 0.3) is 0 Å². The van der Waals surface area contributed by atoms with Crippen molar-refractivity contribution in [1.82, 2.24) is 19.7 Å². The van der Waals surface area contributed by atoms with Gasteiger partial charge in [0.05, 0.1) is 5.75 Å². The summed E-state index contributed by atoms with van der Waals surface area (Å²) < 4.78 is 1.80. The molecule has 0 fully saturated rings. The van der Waals surface area contributed by atoms with Crippen LogP contribution in [0.5, 0.6) is 0 Å². The molecule has 0 aliphatic carbocycles. The number of fused-ring (bicyclic) bond motifs is 1. The van der Waals surface area contributed by atoms with E-state index in [1.807, 2.05) is 19.2 Å². The number of aromatic amines is 1. The fraction of sp³-hybridized carbons (Fsp3) is 0.333. The first-order chi connectivity index (χ1) is 12.5. The summed E-state index contributed by atoms with van der Waals surface area (Å²) in [6.07, 6.45) is 3.36. The molecule has 0 aliphatic heterocycles. The van der Waals surface area contributed by atoms with E-state index < -0.39 is 0 Å². The number of ketones is 1. The van der Waals surface area contributed by atoms with Gasteiger partial charge in [-0.05, 0) is 12.0 Å². The number of amides is 1. The Labute approximate surface area is 155 Å². The molecule has 8 heteroatoms. The average Bonchev–Trinajstić information content (AvgIpc) is 3.21. The van der Waals surface area contributed by atoms with Crippen LogP contribution in [0.2, 0.25) is 0 Å². The predicted octanol–water partition coefficient (Wildman–Crippen LogP) is 2.25. The number of carbonyl (C=O) groups excluding carboxylic acids is 2. The summed E-state index contributed by atoms with van der Waals surface area (Å²) in [7, 11) is 1.82. The molecule has 7 nitrogen and oxygen atoms in total. The maximum atomic E-state index is 12.7. The van der Waals surface area contributed by atoms with Crippen LogP contribution < -0.4 is 5.73 Å². The maximum absolute atomic E-state index is 12.7. The summed E-state index contributed by atoms with van der Waals surface area (Å²) >= 11 is 1.34. The summed E-state index contributed by atoms with van der Waals surface area (Å²) in [5.74, 6) is 0.614. The summed E-state index contributed by atoms with van der Waals surface area (Å²) in [6.45, 7) is 2.09. The molecule has 2 aromatic heterocycles. The van der Waals surface area contributed by atoms with E-state index in [2.05, 4.69) is 28.2 Å². The molecule has 3 rings (SSSR count). The molecule has 136 valence electrons. The second-order valence-electron chi connectivity index (χ2n) is 6.03. The first-order valence-corrected chi connectivity index (χ1v) is 9.41. The minimum atomic E-state index is -0.372. The van der Waals surface area contributed by atoms with Gasteiger partial charge in [0.1, 0.15) is 5.82 Å². The van der Waals surface area contributed by atoms with Crippen LogP contribution in [0.25, 0.3) is 10.9 Å². The average molecular weight is 371 g/mol. The number of primary amides is 1. The molecular formula is C18H21N5O2S. The van der Waals surface area contributed by atoms with Gasteiger partial charge >= 0.3 is 0 Å². The zero-order chi connectivity index (χ0) is 18.7. The summed E-state index contributed by atoms with van der Waals surface area (Å²) in [6, 6.07) is 6.01. The van der Waals surface area contributed by atoms with E-state index >= 15 is 0 Å². The number of nitrogens with one attached hydrogen (secondary N) is 1. The number of Topliss-reactive ketones (excluding diaryl/α,β-unsaturated/α-hetero) is 1. The van der Waals surface area contributed by atoms with Crippen molar-refractivity contribution in [2.24, 2.45) is 12.8 Å². The molecular weight excluding hydrogens is 350 g/mol. The number of rotatable bonds is 8. The van der Waals surface area contributed by atoms with E-state index in [0.29, 0.717) is 23.0 Å². The van der Waals surface area contributed by atoms with Crippen molar-refractivity contribution in [2.75, 3.05) is 5.75 Å². The molecule has 1 aromatic carbocycles. The van der Waals surface area contributed by atoms with Gasteiger partial charge in [-0.3, -0.25) is 9.59 Å². The quantitative estimate of drug-likeness (QED) is 0.466. The Morgan fingerprint density at radius 2 is 2.12 bits per heavy atom. The zero-order valence-electron chi connectivity index (χ0n) is 14.8. The van der Waals surface area contributed by atoms with Crippen molar-refractivity contribution in [1.29, 1.82) is 0 Å². The second-order valence-corrected chi connectivity index (χ2v) is 6.97. The molecule has 0 spiro atoms. The molecule has 0 saturated carbocycles. The van der Waals surface area contributed by atoms with Gasteiger partial charge in [-0.25, -0.2) is 0 Å². The zero-order valence-corrected chi connectivity index (χ0v) is 15.6. The van der Waals surface area contributed by atoms with Crippen molar-refractivity contribution in [3.63, 3.8) is 0 Å². The number of nitrogens with two attached hydrogens (primary N) is 1. The minimum absolute atomic E-state index is 0.0381. The lowest BCUT2D eigenvalue weighted by Crippen LogP contribution is -2.13. The van der Waals surface area contributed by atoms with E-state index in [0.717, 1.165) is 17.3 Å². The van der Waals surface area contributed by atoms with Crippen LogP contribution in [0.4, 0.5) is 0 Å². The summed E-state index contributed by atoms with van der Waals surface area (Å²) in [5, 5.41) is 9.77. The number of aryl methyl sites for hydroxylation is 2. The molecule has 0 bridgehead atoms. The maximum Gasteiger partial charge on any atom is 0.217 e. The number of aromatic nitrogens is 4. The van der Waals surface area contributed by atoms with Crippen molar-refractivity contribution in [3.05, 3.63) is 41.3 Å². The van der Waals surface area contributed by atoms with Gasteiger partial charge in [-0.15, -0.1) is 10.2 Å². The minimum Gasteiger partial charge on any atom is -0.370 e. The van der Waals surface area contributed by atoms with Crippen LogP contribution in [-0.2, 0) is 24.7 Å². The van der Waals surface area contributed by atoms with Crippen molar-refractivity contribution >= 4 is 34.4 Å². The van der Waals surface area contributed by atoms with Crippen molar-refractivity contribution in [3.8, 4) is 0 Å². The number of H-pyrrole nitrogens is 1. The van der Waals surface area contributed by atoms with Crippen LogP contribution in [0.1, 0.15) is 35.1 Å². The molecule has 3 aromatic rings. The Bertz CT molecular complexity index is 960. The van der Waals surface area contributed by atoms with Gasteiger partial charge in [-0.1, -0.05) is 36.9 Å². The number of thioether (sulfide) groups is 1.